The van der Waals surface area contributed by atoms with E-state index in [1.54, 1.807) is 11.3 Å². The van der Waals surface area contributed by atoms with Crippen molar-refractivity contribution < 1.29 is 0 Å². The van der Waals surface area contributed by atoms with Crippen molar-refractivity contribution in [1.29, 1.82) is 0 Å². The maximum absolute atomic E-state index is 4.33. The zero-order valence-electron chi connectivity index (χ0n) is 10.7. The van der Waals surface area contributed by atoms with Crippen LogP contribution in [0.1, 0.15) is 56.0 Å². The molecular weight excluding hydrogens is 216 g/mol. The highest BCUT2D eigenvalue weighted by Gasteiger charge is 2.35. The van der Waals surface area contributed by atoms with Gasteiger partial charge in [-0.25, -0.2) is 4.98 Å². The molecule has 1 aliphatic rings. The van der Waals surface area contributed by atoms with E-state index in [-0.39, 0.29) is 0 Å². The molecule has 2 nitrogen and oxygen atoms in total. The molecule has 16 heavy (non-hydrogen) atoms. The lowest BCUT2D eigenvalue weighted by Gasteiger charge is -2.30. The van der Waals surface area contributed by atoms with Gasteiger partial charge in [-0.2, -0.15) is 0 Å². The van der Waals surface area contributed by atoms with E-state index in [2.05, 4.69) is 38.0 Å². The third-order valence-electron chi connectivity index (χ3n) is 3.77. The van der Waals surface area contributed by atoms with Crippen LogP contribution in [0.15, 0.2) is 6.20 Å². The van der Waals surface area contributed by atoms with Gasteiger partial charge in [-0.3, -0.25) is 0 Å². The molecule has 0 aromatic carbocycles. The van der Waals surface area contributed by atoms with Crippen molar-refractivity contribution in [3.05, 3.63) is 16.1 Å². The van der Waals surface area contributed by atoms with Crippen molar-refractivity contribution in [2.24, 2.45) is 5.41 Å². The van der Waals surface area contributed by atoms with Gasteiger partial charge < -0.3 is 5.32 Å². The summed E-state index contributed by atoms with van der Waals surface area (Å²) in [5, 5.41) is 4.93. The van der Waals surface area contributed by atoms with Crippen molar-refractivity contribution in [1.82, 2.24) is 10.3 Å². The molecule has 3 heteroatoms. The quantitative estimate of drug-likeness (QED) is 0.869. The average Bonchev–Trinajstić information content (AvgIpc) is 2.74. The van der Waals surface area contributed by atoms with Gasteiger partial charge in [0.15, 0.2) is 0 Å². The summed E-state index contributed by atoms with van der Waals surface area (Å²) in [6.07, 6.45) is 6.03. The number of hydrogen-bond donors (Lipinski definition) is 1. The van der Waals surface area contributed by atoms with Crippen LogP contribution < -0.4 is 5.32 Å². The normalized spacial score (nSPS) is 25.9. The van der Waals surface area contributed by atoms with Gasteiger partial charge in [-0.05, 0) is 32.1 Å². The average molecular weight is 238 g/mol. The Balaban J connectivity index is 1.99. The number of rotatable bonds is 3. The van der Waals surface area contributed by atoms with Gasteiger partial charge >= 0.3 is 0 Å². The molecule has 0 aliphatic heterocycles. The predicted octanol–water partition coefficient (Wildman–Crippen LogP) is 3.68. The summed E-state index contributed by atoms with van der Waals surface area (Å²) in [6.45, 7) is 9.08. The predicted molar refractivity (Wildman–Crippen MR) is 69.8 cm³/mol. The first-order valence-electron chi connectivity index (χ1n) is 6.17. The van der Waals surface area contributed by atoms with Crippen molar-refractivity contribution in [2.75, 3.05) is 0 Å². The molecular formula is C13H22N2S. The molecule has 0 saturated heterocycles. The minimum absolute atomic E-state index is 0.438. The van der Waals surface area contributed by atoms with Gasteiger partial charge in [0.25, 0.3) is 0 Å². The summed E-state index contributed by atoms with van der Waals surface area (Å²) >= 11 is 1.81. The monoisotopic (exact) mass is 238 g/mol. The first kappa shape index (κ1) is 12.1. The Morgan fingerprint density at radius 3 is 2.81 bits per heavy atom. The minimum Gasteiger partial charge on any atom is -0.306 e. The van der Waals surface area contributed by atoms with E-state index in [4.69, 9.17) is 0 Å². The number of thiazole rings is 1. The number of nitrogens with one attached hydrogen (secondary N) is 1. The molecule has 2 rings (SSSR count). The summed E-state index contributed by atoms with van der Waals surface area (Å²) in [6, 6.07) is 1.10. The molecule has 0 radical (unpaired) electrons. The summed E-state index contributed by atoms with van der Waals surface area (Å²) in [5.74, 6) is 0. The lowest BCUT2D eigenvalue weighted by atomic mass is 9.87. The van der Waals surface area contributed by atoms with E-state index < -0.39 is 0 Å². The third-order valence-corrected chi connectivity index (χ3v) is 4.87. The van der Waals surface area contributed by atoms with Crippen molar-refractivity contribution >= 4 is 11.3 Å². The van der Waals surface area contributed by atoms with Gasteiger partial charge in [-0.1, -0.05) is 20.3 Å². The second kappa shape index (κ2) is 4.46. The number of aryl methyl sites for hydroxylation is 1. The SMILES string of the molecule is Cc1ncc(C(C)NC2CCCC2(C)C)s1. The molecule has 0 bridgehead atoms. The molecule has 1 fully saturated rings. The molecule has 1 aromatic rings. The summed E-state index contributed by atoms with van der Waals surface area (Å²) in [5.41, 5.74) is 0.452. The van der Waals surface area contributed by atoms with Crippen molar-refractivity contribution in [3.63, 3.8) is 0 Å². The molecule has 1 aliphatic carbocycles. The van der Waals surface area contributed by atoms with E-state index >= 15 is 0 Å². The standard InChI is InChI=1S/C13H22N2S/c1-9(11-8-14-10(2)16-11)15-12-6-5-7-13(12,3)4/h8-9,12,15H,5-7H2,1-4H3. The smallest absolute Gasteiger partial charge is 0.0897 e. The van der Waals surface area contributed by atoms with Gasteiger partial charge in [0, 0.05) is 23.2 Å². The van der Waals surface area contributed by atoms with Gasteiger partial charge in [0.1, 0.15) is 0 Å². The van der Waals surface area contributed by atoms with Crippen LogP contribution in [0.5, 0.6) is 0 Å². The number of aromatic nitrogens is 1. The number of nitrogens with zero attached hydrogens (tertiary/aromatic N) is 1. The second-order valence-electron chi connectivity index (χ2n) is 5.60. The van der Waals surface area contributed by atoms with Crippen LogP contribution in [0.3, 0.4) is 0 Å². The Kier molecular flexibility index (Phi) is 3.36. The van der Waals surface area contributed by atoms with Crippen LogP contribution in [0.2, 0.25) is 0 Å². The van der Waals surface area contributed by atoms with Crippen LogP contribution in [0, 0.1) is 12.3 Å². The van der Waals surface area contributed by atoms with Crippen molar-refractivity contribution in [3.8, 4) is 0 Å². The van der Waals surface area contributed by atoms with E-state index in [9.17, 15) is 0 Å². The Morgan fingerprint density at radius 2 is 2.31 bits per heavy atom. The van der Waals surface area contributed by atoms with Crippen molar-refractivity contribution in [2.45, 2.75) is 59.0 Å². The molecule has 0 spiro atoms. The molecule has 1 heterocycles. The molecule has 1 N–H and O–H groups in total. The van der Waals surface area contributed by atoms with Crippen LogP contribution >= 0.6 is 11.3 Å². The minimum atomic E-state index is 0.438. The third kappa shape index (κ3) is 2.46. The highest BCUT2D eigenvalue weighted by molar-refractivity contribution is 7.11. The Morgan fingerprint density at radius 1 is 1.56 bits per heavy atom. The summed E-state index contributed by atoms with van der Waals surface area (Å²) in [7, 11) is 0. The van der Waals surface area contributed by atoms with Crippen LogP contribution in [0.25, 0.3) is 0 Å². The lowest BCUT2D eigenvalue weighted by Crippen LogP contribution is -2.38. The van der Waals surface area contributed by atoms with Crippen LogP contribution in [0.4, 0.5) is 0 Å². The molecule has 1 saturated carbocycles. The lowest BCUT2D eigenvalue weighted by molar-refractivity contribution is 0.267. The van der Waals surface area contributed by atoms with Crippen LogP contribution in [-0.2, 0) is 0 Å². The molecule has 2 unspecified atom stereocenters. The first-order valence-corrected chi connectivity index (χ1v) is 6.99. The maximum Gasteiger partial charge on any atom is 0.0897 e. The molecule has 0 amide bonds. The maximum atomic E-state index is 4.33. The van der Waals surface area contributed by atoms with Crippen LogP contribution in [-0.4, -0.2) is 11.0 Å². The van der Waals surface area contributed by atoms with E-state index in [0.717, 1.165) is 5.01 Å². The largest absolute Gasteiger partial charge is 0.306 e. The highest BCUT2D eigenvalue weighted by atomic mass is 32.1. The van der Waals surface area contributed by atoms with E-state index in [1.165, 1.54) is 24.1 Å². The zero-order valence-corrected chi connectivity index (χ0v) is 11.5. The Labute approximate surface area is 102 Å². The zero-order chi connectivity index (χ0) is 11.8. The molecule has 1 aromatic heterocycles. The number of hydrogen-bond acceptors (Lipinski definition) is 3. The van der Waals surface area contributed by atoms with E-state index in [1.807, 2.05) is 6.20 Å². The summed E-state index contributed by atoms with van der Waals surface area (Å²) < 4.78 is 0. The highest BCUT2D eigenvalue weighted by Crippen LogP contribution is 2.38. The molecule has 90 valence electrons. The fourth-order valence-electron chi connectivity index (χ4n) is 2.60. The summed E-state index contributed by atoms with van der Waals surface area (Å²) in [4.78, 5) is 5.69. The molecule has 2 atom stereocenters. The Bertz CT molecular complexity index is 357. The first-order chi connectivity index (χ1) is 7.49. The van der Waals surface area contributed by atoms with E-state index in [0.29, 0.717) is 17.5 Å². The van der Waals surface area contributed by atoms with Gasteiger partial charge in [0.05, 0.1) is 5.01 Å². The topological polar surface area (TPSA) is 24.9 Å². The van der Waals surface area contributed by atoms with Gasteiger partial charge in [0.2, 0.25) is 0 Å². The van der Waals surface area contributed by atoms with Gasteiger partial charge in [-0.15, -0.1) is 11.3 Å². The Hall–Kier alpha value is -0.410. The second-order valence-corrected chi connectivity index (χ2v) is 6.87. The fourth-order valence-corrected chi connectivity index (χ4v) is 3.39. The fraction of sp³-hybridized carbons (Fsp3) is 0.769.